The van der Waals surface area contributed by atoms with Gasteiger partial charge in [0.25, 0.3) is 5.56 Å². The van der Waals surface area contributed by atoms with E-state index in [1.807, 2.05) is 18.2 Å². The largest absolute Gasteiger partial charge is 0.270 e. The fraction of sp³-hybridized carbons (Fsp3) is 0.286. The fourth-order valence-corrected chi connectivity index (χ4v) is 2.06. The van der Waals surface area contributed by atoms with E-state index in [9.17, 15) is 4.79 Å². The maximum absolute atomic E-state index is 11.7. The van der Waals surface area contributed by atoms with Gasteiger partial charge in [-0.3, -0.25) is 4.79 Å². The van der Waals surface area contributed by atoms with Crippen molar-refractivity contribution < 1.29 is 0 Å². The number of rotatable bonds is 3. The predicted molar refractivity (Wildman–Crippen MR) is 77.0 cm³/mol. The van der Waals surface area contributed by atoms with Gasteiger partial charge in [0.1, 0.15) is 0 Å². The van der Waals surface area contributed by atoms with Crippen LogP contribution in [0.5, 0.6) is 0 Å². The van der Waals surface area contributed by atoms with Crippen LogP contribution in [0.3, 0.4) is 0 Å². The van der Waals surface area contributed by atoms with Crippen molar-refractivity contribution in [2.45, 2.75) is 19.1 Å². The predicted octanol–water partition coefficient (Wildman–Crippen LogP) is 2.44. The summed E-state index contributed by atoms with van der Waals surface area (Å²) < 4.78 is 1.37. The van der Waals surface area contributed by atoms with Crippen LogP contribution in [-0.4, -0.2) is 9.78 Å². The first-order chi connectivity index (χ1) is 8.65. The van der Waals surface area contributed by atoms with Crippen molar-refractivity contribution >= 4 is 12.6 Å². The minimum Gasteiger partial charge on any atom is -0.267 e. The molecule has 0 aliphatic heterocycles. The topological polar surface area (TPSA) is 34.9 Å². The summed E-state index contributed by atoms with van der Waals surface area (Å²) in [6.07, 6.45) is 1.02. The highest BCUT2D eigenvalue weighted by Gasteiger charge is 2.06. The van der Waals surface area contributed by atoms with E-state index < -0.39 is 0 Å². The number of aromatic nitrogens is 2. The molecule has 0 N–H and O–H groups in total. The van der Waals surface area contributed by atoms with Crippen molar-refractivity contribution in [3.05, 3.63) is 51.8 Å². The third-order valence-electron chi connectivity index (χ3n) is 2.97. The molecule has 0 atom stereocenters. The number of benzene rings is 1. The highest BCUT2D eigenvalue weighted by molar-refractivity contribution is 7.79. The summed E-state index contributed by atoms with van der Waals surface area (Å²) in [4.78, 5) is 11.7. The molecule has 0 unspecified atom stereocenters. The van der Waals surface area contributed by atoms with Crippen LogP contribution in [0.4, 0.5) is 0 Å². The Kier molecular flexibility index (Phi) is 3.87. The van der Waals surface area contributed by atoms with Gasteiger partial charge in [0.2, 0.25) is 0 Å². The number of nitrogens with zero attached hydrogens (tertiary/aromatic N) is 2. The van der Waals surface area contributed by atoms with Crippen molar-refractivity contribution in [2.24, 2.45) is 7.05 Å². The highest BCUT2D eigenvalue weighted by atomic mass is 32.1. The number of aryl methyl sites for hydroxylation is 2. The van der Waals surface area contributed by atoms with Gasteiger partial charge >= 0.3 is 0 Å². The SMILES string of the molecule is CCc1ccc(-c2cc(CS)c(=O)n(C)n2)cc1. The maximum atomic E-state index is 11.7. The van der Waals surface area contributed by atoms with Gasteiger partial charge in [-0.1, -0.05) is 31.2 Å². The molecule has 1 aromatic heterocycles. The Morgan fingerprint density at radius 1 is 1.28 bits per heavy atom. The van der Waals surface area contributed by atoms with Crippen LogP contribution in [-0.2, 0) is 19.2 Å². The maximum Gasteiger partial charge on any atom is 0.270 e. The zero-order valence-corrected chi connectivity index (χ0v) is 11.4. The summed E-state index contributed by atoms with van der Waals surface area (Å²) in [6.45, 7) is 2.12. The first kappa shape index (κ1) is 12.9. The molecule has 0 aliphatic carbocycles. The lowest BCUT2D eigenvalue weighted by atomic mass is 10.1. The van der Waals surface area contributed by atoms with E-state index in [4.69, 9.17) is 0 Å². The molecular formula is C14H16N2OS. The lowest BCUT2D eigenvalue weighted by Gasteiger charge is -2.06. The summed E-state index contributed by atoms with van der Waals surface area (Å²) in [6, 6.07) is 10.1. The molecule has 4 heteroatoms. The number of thiol groups is 1. The van der Waals surface area contributed by atoms with Crippen molar-refractivity contribution in [1.29, 1.82) is 0 Å². The van der Waals surface area contributed by atoms with E-state index >= 15 is 0 Å². The second-order valence-corrected chi connectivity index (χ2v) is 4.51. The lowest BCUT2D eigenvalue weighted by Crippen LogP contribution is -2.23. The first-order valence-corrected chi connectivity index (χ1v) is 6.56. The quantitative estimate of drug-likeness (QED) is 0.860. The third-order valence-corrected chi connectivity index (χ3v) is 3.31. The third kappa shape index (κ3) is 2.48. The van der Waals surface area contributed by atoms with Crippen molar-refractivity contribution in [3.8, 4) is 11.3 Å². The van der Waals surface area contributed by atoms with E-state index in [1.54, 1.807) is 7.05 Å². The Balaban J connectivity index is 2.50. The molecule has 18 heavy (non-hydrogen) atoms. The zero-order chi connectivity index (χ0) is 13.1. The highest BCUT2D eigenvalue weighted by Crippen LogP contribution is 2.18. The van der Waals surface area contributed by atoms with Gasteiger partial charge in [-0.2, -0.15) is 17.7 Å². The molecule has 1 aromatic carbocycles. The normalized spacial score (nSPS) is 10.6. The minimum atomic E-state index is -0.0843. The molecule has 0 radical (unpaired) electrons. The van der Waals surface area contributed by atoms with E-state index in [-0.39, 0.29) is 5.56 Å². The Bertz CT molecular complexity index is 602. The van der Waals surface area contributed by atoms with Crippen LogP contribution in [0.1, 0.15) is 18.1 Å². The summed E-state index contributed by atoms with van der Waals surface area (Å²) in [7, 11) is 1.67. The van der Waals surface area contributed by atoms with E-state index in [0.717, 1.165) is 17.7 Å². The van der Waals surface area contributed by atoms with Gasteiger partial charge in [0.15, 0.2) is 0 Å². The summed E-state index contributed by atoms with van der Waals surface area (Å²) >= 11 is 4.18. The molecule has 0 spiro atoms. The molecule has 2 rings (SSSR count). The minimum absolute atomic E-state index is 0.0843. The van der Waals surface area contributed by atoms with Crippen molar-refractivity contribution in [1.82, 2.24) is 9.78 Å². The Morgan fingerprint density at radius 3 is 2.50 bits per heavy atom. The van der Waals surface area contributed by atoms with Crippen LogP contribution >= 0.6 is 12.6 Å². The molecule has 0 aliphatic rings. The average molecular weight is 260 g/mol. The average Bonchev–Trinajstić information content (AvgIpc) is 2.42. The number of hydrogen-bond acceptors (Lipinski definition) is 3. The summed E-state index contributed by atoms with van der Waals surface area (Å²) in [5, 5.41) is 4.28. The second kappa shape index (κ2) is 5.40. The molecule has 0 amide bonds. The molecule has 1 heterocycles. The van der Waals surface area contributed by atoms with Crippen LogP contribution < -0.4 is 5.56 Å². The van der Waals surface area contributed by atoms with Crippen LogP contribution in [0.2, 0.25) is 0 Å². The molecule has 94 valence electrons. The smallest absolute Gasteiger partial charge is 0.267 e. The summed E-state index contributed by atoms with van der Waals surface area (Å²) in [5.74, 6) is 0.426. The lowest BCUT2D eigenvalue weighted by molar-refractivity contribution is 0.704. The Hall–Kier alpha value is -1.55. The molecule has 3 nitrogen and oxygen atoms in total. The van der Waals surface area contributed by atoms with Crippen molar-refractivity contribution in [3.63, 3.8) is 0 Å². The Morgan fingerprint density at radius 2 is 1.94 bits per heavy atom. The Labute approximate surface area is 112 Å². The van der Waals surface area contributed by atoms with Gasteiger partial charge in [-0.05, 0) is 18.1 Å². The molecule has 0 bridgehead atoms. The molecule has 0 saturated heterocycles. The van der Waals surface area contributed by atoms with Crippen LogP contribution in [0.25, 0.3) is 11.3 Å². The van der Waals surface area contributed by atoms with Gasteiger partial charge in [-0.15, -0.1) is 0 Å². The van der Waals surface area contributed by atoms with Gasteiger partial charge in [0, 0.05) is 23.9 Å². The fourth-order valence-electron chi connectivity index (χ4n) is 1.84. The summed E-state index contributed by atoms with van der Waals surface area (Å²) in [5.41, 5.74) is 3.71. The number of hydrogen-bond donors (Lipinski definition) is 1. The van der Waals surface area contributed by atoms with Crippen LogP contribution in [0.15, 0.2) is 35.1 Å². The first-order valence-electron chi connectivity index (χ1n) is 5.93. The van der Waals surface area contributed by atoms with E-state index in [2.05, 4.69) is 36.8 Å². The second-order valence-electron chi connectivity index (χ2n) is 4.19. The monoisotopic (exact) mass is 260 g/mol. The molecule has 2 aromatic rings. The standard InChI is InChI=1S/C14H16N2OS/c1-3-10-4-6-11(7-5-10)13-8-12(9-18)14(17)16(2)15-13/h4-8,18H,3,9H2,1-2H3. The van der Waals surface area contributed by atoms with Crippen molar-refractivity contribution in [2.75, 3.05) is 0 Å². The van der Waals surface area contributed by atoms with Gasteiger partial charge in [0.05, 0.1) is 5.69 Å². The molecule has 0 saturated carbocycles. The molecular weight excluding hydrogens is 244 g/mol. The molecule has 0 fully saturated rings. The van der Waals surface area contributed by atoms with E-state index in [1.165, 1.54) is 10.2 Å². The van der Waals surface area contributed by atoms with Crippen LogP contribution in [0, 0.1) is 0 Å². The van der Waals surface area contributed by atoms with E-state index in [0.29, 0.717) is 11.3 Å². The zero-order valence-electron chi connectivity index (χ0n) is 10.6. The van der Waals surface area contributed by atoms with Gasteiger partial charge < -0.3 is 0 Å². The van der Waals surface area contributed by atoms with Gasteiger partial charge in [-0.25, -0.2) is 4.68 Å².